The molecule has 19 heavy (non-hydrogen) atoms. The van der Waals surface area contributed by atoms with Gasteiger partial charge < -0.3 is 10.6 Å². The summed E-state index contributed by atoms with van der Waals surface area (Å²) in [6.45, 7) is 8.96. The van der Waals surface area contributed by atoms with Gasteiger partial charge in [-0.3, -0.25) is 0 Å². The molecule has 1 unspecified atom stereocenters. The molecule has 0 radical (unpaired) electrons. The number of rotatable bonds is 4. The van der Waals surface area contributed by atoms with Gasteiger partial charge in [0.05, 0.1) is 0 Å². The Kier molecular flexibility index (Phi) is 5.04. The third-order valence-corrected chi connectivity index (χ3v) is 4.48. The maximum absolute atomic E-state index is 3.72. The number of nitrogens with one attached hydrogen (secondary N) is 2. The summed E-state index contributed by atoms with van der Waals surface area (Å²) in [5.41, 5.74) is 3.10. The quantitative estimate of drug-likeness (QED) is 0.886. The van der Waals surface area contributed by atoms with Crippen LogP contribution in [-0.2, 0) is 6.42 Å². The molecule has 1 saturated heterocycles. The maximum atomic E-state index is 3.72. The monoisotopic (exact) mass is 324 g/mol. The molecular formula is C16H25BrN2. The van der Waals surface area contributed by atoms with E-state index in [2.05, 4.69) is 65.5 Å². The van der Waals surface area contributed by atoms with Crippen LogP contribution in [-0.4, -0.2) is 24.7 Å². The van der Waals surface area contributed by atoms with Crippen LogP contribution < -0.4 is 10.6 Å². The van der Waals surface area contributed by atoms with Crippen molar-refractivity contribution < 1.29 is 0 Å². The van der Waals surface area contributed by atoms with E-state index in [1.165, 1.54) is 28.4 Å². The fraction of sp³-hybridized carbons (Fsp3) is 0.625. The van der Waals surface area contributed by atoms with Gasteiger partial charge in [-0.25, -0.2) is 0 Å². The lowest BCUT2D eigenvalue weighted by Crippen LogP contribution is -2.52. The zero-order valence-corrected chi connectivity index (χ0v) is 13.8. The Balaban J connectivity index is 1.81. The van der Waals surface area contributed by atoms with Crippen molar-refractivity contribution >= 4 is 15.9 Å². The summed E-state index contributed by atoms with van der Waals surface area (Å²) in [4.78, 5) is 0. The molecular weight excluding hydrogens is 300 g/mol. The number of hydrogen-bond donors (Lipinski definition) is 2. The summed E-state index contributed by atoms with van der Waals surface area (Å²) in [6.07, 6.45) is 3.56. The van der Waals surface area contributed by atoms with Gasteiger partial charge in [0.15, 0.2) is 0 Å². The molecule has 3 heteroatoms. The van der Waals surface area contributed by atoms with E-state index in [0.29, 0.717) is 6.04 Å². The average molecular weight is 325 g/mol. The second kappa shape index (κ2) is 6.38. The number of aryl methyl sites for hydroxylation is 1. The second-order valence-corrected chi connectivity index (χ2v) is 7.19. The minimum absolute atomic E-state index is 0.279. The number of halogens is 1. The number of benzene rings is 1. The molecule has 0 bridgehead atoms. The molecule has 2 nitrogen and oxygen atoms in total. The van der Waals surface area contributed by atoms with Crippen LogP contribution in [0.15, 0.2) is 22.7 Å². The summed E-state index contributed by atoms with van der Waals surface area (Å²) in [6, 6.07) is 7.20. The number of piperidine rings is 1. The van der Waals surface area contributed by atoms with E-state index in [-0.39, 0.29) is 5.54 Å². The first-order valence-corrected chi connectivity index (χ1v) is 7.99. The summed E-state index contributed by atoms with van der Waals surface area (Å²) in [7, 11) is 0. The van der Waals surface area contributed by atoms with E-state index in [4.69, 9.17) is 0 Å². The van der Waals surface area contributed by atoms with Crippen molar-refractivity contribution in [1.29, 1.82) is 0 Å². The van der Waals surface area contributed by atoms with E-state index in [1.807, 2.05) is 0 Å². The molecule has 1 aliphatic heterocycles. The van der Waals surface area contributed by atoms with Crippen molar-refractivity contribution in [2.24, 2.45) is 0 Å². The van der Waals surface area contributed by atoms with Crippen LogP contribution in [0, 0.1) is 6.92 Å². The minimum Gasteiger partial charge on any atom is -0.314 e. The molecule has 1 heterocycles. The Morgan fingerprint density at radius 3 is 2.95 bits per heavy atom. The van der Waals surface area contributed by atoms with Crippen molar-refractivity contribution in [3.63, 3.8) is 0 Å². The van der Waals surface area contributed by atoms with E-state index < -0.39 is 0 Å². The standard InChI is InChI=1S/C16H25BrN2/c1-12-4-5-14(17)10-13(12)6-8-18-15-7-9-19-16(2,3)11-15/h4-5,10,15,18-19H,6-9,11H2,1-3H3. The highest BCUT2D eigenvalue weighted by atomic mass is 79.9. The topological polar surface area (TPSA) is 24.1 Å². The Morgan fingerprint density at radius 1 is 1.42 bits per heavy atom. The van der Waals surface area contributed by atoms with Crippen LogP contribution in [0.3, 0.4) is 0 Å². The Bertz CT molecular complexity index is 429. The lowest BCUT2D eigenvalue weighted by Gasteiger charge is -2.37. The predicted molar refractivity (Wildman–Crippen MR) is 85.7 cm³/mol. The van der Waals surface area contributed by atoms with Gasteiger partial charge in [0, 0.05) is 16.1 Å². The maximum Gasteiger partial charge on any atom is 0.0178 e. The smallest absolute Gasteiger partial charge is 0.0178 e. The van der Waals surface area contributed by atoms with Gasteiger partial charge in [-0.1, -0.05) is 22.0 Å². The first-order valence-electron chi connectivity index (χ1n) is 7.20. The third-order valence-electron chi connectivity index (χ3n) is 3.99. The highest BCUT2D eigenvalue weighted by Gasteiger charge is 2.26. The molecule has 1 aromatic rings. The molecule has 0 aliphatic carbocycles. The van der Waals surface area contributed by atoms with Gasteiger partial charge in [0.2, 0.25) is 0 Å². The first-order chi connectivity index (χ1) is 8.96. The summed E-state index contributed by atoms with van der Waals surface area (Å²) < 4.78 is 1.18. The lowest BCUT2D eigenvalue weighted by atomic mass is 9.89. The highest BCUT2D eigenvalue weighted by Crippen LogP contribution is 2.19. The molecule has 0 aromatic heterocycles. The minimum atomic E-state index is 0.279. The zero-order valence-electron chi connectivity index (χ0n) is 12.2. The summed E-state index contributed by atoms with van der Waals surface area (Å²) in [5, 5.41) is 7.28. The summed E-state index contributed by atoms with van der Waals surface area (Å²) in [5.74, 6) is 0. The third kappa shape index (κ3) is 4.59. The van der Waals surface area contributed by atoms with Crippen LogP contribution in [0.4, 0.5) is 0 Å². The largest absolute Gasteiger partial charge is 0.314 e. The SMILES string of the molecule is Cc1ccc(Br)cc1CCNC1CCNC(C)(C)C1. The molecule has 0 saturated carbocycles. The Labute approximate surface area is 125 Å². The van der Waals surface area contributed by atoms with Crippen LogP contribution >= 0.6 is 15.9 Å². The zero-order chi connectivity index (χ0) is 13.9. The first kappa shape index (κ1) is 15.0. The highest BCUT2D eigenvalue weighted by molar-refractivity contribution is 9.10. The van der Waals surface area contributed by atoms with Gasteiger partial charge in [0.1, 0.15) is 0 Å². The van der Waals surface area contributed by atoms with Crippen molar-refractivity contribution in [3.8, 4) is 0 Å². The Hall–Kier alpha value is -0.380. The van der Waals surface area contributed by atoms with Gasteiger partial charge in [0.25, 0.3) is 0 Å². The molecule has 2 N–H and O–H groups in total. The molecule has 0 spiro atoms. The normalized spacial score (nSPS) is 22.4. The summed E-state index contributed by atoms with van der Waals surface area (Å²) >= 11 is 3.55. The molecule has 0 amide bonds. The van der Waals surface area contributed by atoms with Crippen LogP contribution in [0.25, 0.3) is 0 Å². The van der Waals surface area contributed by atoms with E-state index in [0.717, 1.165) is 19.5 Å². The molecule has 1 aliphatic rings. The predicted octanol–water partition coefficient (Wildman–Crippen LogP) is 3.42. The molecule has 1 fully saturated rings. The van der Waals surface area contributed by atoms with E-state index in [1.54, 1.807) is 0 Å². The fourth-order valence-electron chi connectivity index (χ4n) is 2.87. The van der Waals surface area contributed by atoms with Crippen LogP contribution in [0.1, 0.15) is 37.8 Å². The Morgan fingerprint density at radius 2 is 2.21 bits per heavy atom. The van der Waals surface area contributed by atoms with Gasteiger partial charge in [-0.2, -0.15) is 0 Å². The van der Waals surface area contributed by atoms with Crippen molar-refractivity contribution in [3.05, 3.63) is 33.8 Å². The molecule has 1 aromatic carbocycles. The van der Waals surface area contributed by atoms with Gasteiger partial charge in [-0.15, -0.1) is 0 Å². The number of hydrogen-bond acceptors (Lipinski definition) is 2. The van der Waals surface area contributed by atoms with E-state index >= 15 is 0 Å². The second-order valence-electron chi connectivity index (χ2n) is 6.28. The van der Waals surface area contributed by atoms with Crippen molar-refractivity contribution in [2.45, 2.75) is 51.6 Å². The van der Waals surface area contributed by atoms with Gasteiger partial charge in [-0.05, 0) is 76.4 Å². The molecule has 106 valence electrons. The van der Waals surface area contributed by atoms with Crippen LogP contribution in [0.2, 0.25) is 0 Å². The van der Waals surface area contributed by atoms with Crippen LogP contribution in [0.5, 0.6) is 0 Å². The average Bonchev–Trinajstić information content (AvgIpc) is 2.32. The molecule has 1 atom stereocenters. The van der Waals surface area contributed by atoms with Gasteiger partial charge >= 0.3 is 0 Å². The fourth-order valence-corrected chi connectivity index (χ4v) is 3.28. The lowest BCUT2D eigenvalue weighted by molar-refractivity contribution is 0.249. The van der Waals surface area contributed by atoms with Crippen molar-refractivity contribution in [1.82, 2.24) is 10.6 Å². The van der Waals surface area contributed by atoms with E-state index in [9.17, 15) is 0 Å². The van der Waals surface area contributed by atoms with Crippen molar-refractivity contribution in [2.75, 3.05) is 13.1 Å². The molecule has 2 rings (SSSR count).